The molecule has 2 aromatic rings. The highest BCUT2D eigenvalue weighted by Crippen LogP contribution is 2.19. The summed E-state index contributed by atoms with van der Waals surface area (Å²) in [6, 6.07) is 2.27. The van der Waals surface area contributed by atoms with E-state index >= 15 is 0 Å². The Morgan fingerprint density at radius 1 is 1.31 bits per heavy atom. The van der Waals surface area contributed by atoms with Crippen LogP contribution in [0.5, 0.6) is 0 Å². The topological polar surface area (TPSA) is 118 Å². The number of fused-ring (bicyclic) bond motifs is 1. The van der Waals surface area contributed by atoms with Crippen LogP contribution in [0.25, 0.3) is 11.2 Å². The van der Waals surface area contributed by atoms with Crippen molar-refractivity contribution in [1.82, 2.24) is 24.2 Å². The third-order valence-electron chi connectivity index (χ3n) is 5.43. The van der Waals surface area contributed by atoms with Crippen LogP contribution in [0.4, 0.5) is 10.6 Å². The molecule has 10 nitrogen and oxygen atoms in total. The number of nitrogens with one attached hydrogen (secondary N) is 2. The maximum absolute atomic E-state index is 12.3. The van der Waals surface area contributed by atoms with Gasteiger partial charge >= 0.3 is 6.03 Å². The van der Waals surface area contributed by atoms with Gasteiger partial charge in [0.1, 0.15) is 12.2 Å². The van der Waals surface area contributed by atoms with Gasteiger partial charge in [-0.05, 0) is 25.0 Å². The minimum absolute atomic E-state index is 0.229. The van der Waals surface area contributed by atoms with Gasteiger partial charge in [-0.25, -0.2) is 23.2 Å². The van der Waals surface area contributed by atoms with E-state index in [1.807, 2.05) is 16.8 Å². The number of carbonyl (C=O) groups excluding carboxylic acids is 1. The SMILES string of the molecule is C[Si](C)(C)CCOCn1ccc2nc(NC(=O)NCC3CCCCN3S(C)(=O)=O)cnc21. The average molecular weight is 483 g/mol. The van der Waals surface area contributed by atoms with Gasteiger partial charge in [0.05, 0.1) is 12.5 Å². The first-order chi connectivity index (χ1) is 15.0. The monoisotopic (exact) mass is 482 g/mol. The molecule has 1 saturated heterocycles. The fourth-order valence-electron chi connectivity index (χ4n) is 3.65. The highest BCUT2D eigenvalue weighted by atomic mass is 32.2. The van der Waals surface area contributed by atoms with Crippen LogP contribution in [0.15, 0.2) is 18.5 Å². The van der Waals surface area contributed by atoms with Gasteiger partial charge in [-0.1, -0.05) is 26.1 Å². The van der Waals surface area contributed by atoms with E-state index in [0.29, 0.717) is 30.3 Å². The Balaban J connectivity index is 1.53. The highest BCUT2D eigenvalue weighted by Gasteiger charge is 2.29. The third-order valence-corrected chi connectivity index (χ3v) is 8.47. The summed E-state index contributed by atoms with van der Waals surface area (Å²) in [6.45, 7) is 8.82. The molecule has 0 aliphatic carbocycles. The molecule has 2 aromatic heterocycles. The first-order valence-electron chi connectivity index (χ1n) is 10.9. The predicted molar refractivity (Wildman–Crippen MR) is 128 cm³/mol. The lowest BCUT2D eigenvalue weighted by Gasteiger charge is -2.33. The van der Waals surface area contributed by atoms with Crippen LogP contribution >= 0.6 is 0 Å². The summed E-state index contributed by atoms with van der Waals surface area (Å²) in [5, 5.41) is 5.43. The van der Waals surface area contributed by atoms with Gasteiger partial charge in [-0.2, -0.15) is 4.31 Å². The molecule has 1 aliphatic rings. The average Bonchev–Trinajstić information content (AvgIpc) is 3.11. The summed E-state index contributed by atoms with van der Waals surface area (Å²) in [5.74, 6) is 0.330. The number of piperidine rings is 1. The summed E-state index contributed by atoms with van der Waals surface area (Å²) in [4.78, 5) is 21.2. The van der Waals surface area contributed by atoms with E-state index in [0.717, 1.165) is 31.9 Å². The fraction of sp³-hybridized carbons (Fsp3) is 0.650. The van der Waals surface area contributed by atoms with Crippen molar-refractivity contribution in [3.8, 4) is 0 Å². The first kappa shape index (κ1) is 24.6. The maximum Gasteiger partial charge on any atom is 0.320 e. The van der Waals surface area contributed by atoms with Crippen LogP contribution in [0.2, 0.25) is 25.7 Å². The lowest BCUT2D eigenvalue weighted by molar-refractivity contribution is 0.0899. The smallest absolute Gasteiger partial charge is 0.320 e. The van der Waals surface area contributed by atoms with Crippen LogP contribution in [0.3, 0.4) is 0 Å². The molecule has 0 spiro atoms. The van der Waals surface area contributed by atoms with Gasteiger partial charge in [-0.15, -0.1) is 0 Å². The Kier molecular flexibility index (Phi) is 7.91. The van der Waals surface area contributed by atoms with Crippen molar-refractivity contribution in [2.75, 3.05) is 31.3 Å². The molecule has 32 heavy (non-hydrogen) atoms. The molecule has 3 rings (SSSR count). The largest absolute Gasteiger partial charge is 0.361 e. The molecule has 1 aliphatic heterocycles. The van der Waals surface area contributed by atoms with E-state index in [1.54, 1.807) is 0 Å². The quantitative estimate of drug-likeness (QED) is 0.419. The molecule has 2 N–H and O–H groups in total. The van der Waals surface area contributed by atoms with Crippen molar-refractivity contribution in [3.63, 3.8) is 0 Å². The number of amides is 2. The number of anilines is 1. The van der Waals surface area contributed by atoms with Gasteiger partial charge in [-0.3, -0.25) is 5.32 Å². The third kappa shape index (κ3) is 6.99. The molecule has 0 aromatic carbocycles. The second-order valence-corrected chi connectivity index (χ2v) is 17.0. The minimum Gasteiger partial charge on any atom is -0.361 e. The van der Waals surface area contributed by atoms with Crippen molar-refractivity contribution < 1.29 is 17.9 Å². The number of hydrogen-bond acceptors (Lipinski definition) is 6. The lowest BCUT2D eigenvalue weighted by Crippen LogP contribution is -2.49. The number of ether oxygens (including phenoxy) is 1. The summed E-state index contributed by atoms with van der Waals surface area (Å²) < 4.78 is 33.1. The summed E-state index contributed by atoms with van der Waals surface area (Å²) in [6.07, 6.45) is 7.09. The number of hydrogen-bond donors (Lipinski definition) is 2. The lowest BCUT2D eigenvalue weighted by atomic mass is 10.1. The zero-order chi connectivity index (χ0) is 23.4. The van der Waals surface area contributed by atoms with Gasteiger partial charge < -0.3 is 14.6 Å². The Bertz CT molecular complexity index is 1040. The Morgan fingerprint density at radius 2 is 2.09 bits per heavy atom. The van der Waals surface area contributed by atoms with Crippen LogP contribution in [0.1, 0.15) is 19.3 Å². The Labute approximate surface area is 190 Å². The number of rotatable bonds is 9. The zero-order valence-corrected chi connectivity index (χ0v) is 21.1. The molecule has 12 heteroatoms. The standard InChI is InChI=1S/C20H34N6O4SSi/c1-31(28,29)26-9-6-5-7-16(26)13-22-20(27)24-18-14-21-19-17(23-18)8-10-25(19)15-30-11-12-32(2,3)4/h8,10,14,16H,5-7,9,11-13,15H2,1-4H3,(H2,22,23,24,27). The van der Waals surface area contributed by atoms with Gasteiger partial charge in [0.25, 0.3) is 0 Å². The molecule has 0 radical (unpaired) electrons. The normalized spacial score (nSPS) is 18.1. The number of aromatic nitrogens is 3. The molecule has 1 fully saturated rings. The van der Waals surface area contributed by atoms with Crippen LogP contribution in [-0.4, -0.2) is 73.4 Å². The summed E-state index contributed by atoms with van der Waals surface area (Å²) >= 11 is 0. The number of carbonyl (C=O) groups is 1. The molecule has 1 atom stereocenters. The van der Waals surface area contributed by atoms with Gasteiger partial charge in [0, 0.05) is 40.0 Å². The first-order valence-corrected chi connectivity index (χ1v) is 16.5. The molecule has 1 unspecified atom stereocenters. The van der Waals surface area contributed by atoms with E-state index in [-0.39, 0.29) is 12.6 Å². The second kappa shape index (κ2) is 10.3. The second-order valence-electron chi connectivity index (χ2n) is 9.46. The summed E-state index contributed by atoms with van der Waals surface area (Å²) in [5.41, 5.74) is 1.35. The predicted octanol–water partition coefficient (Wildman–Crippen LogP) is 2.68. The molecule has 3 heterocycles. The zero-order valence-electron chi connectivity index (χ0n) is 19.3. The van der Waals surface area contributed by atoms with Crippen molar-refractivity contribution in [2.45, 2.75) is 57.7 Å². The molecular formula is C20H34N6O4SSi. The molecule has 0 bridgehead atoms. The van der Waals surface area contributed by atoms with Crippen LogP contribution in [0, 0.1) is 0 Å². The van der Waals surface area contributed by atoms with E-state index in [1.165, 1.54) is 16.8 Å². The summed E-state index contributed by atoms with van der Waals surface area (Å²) in [7, 11) is -4.42. The van der Waals surface area contributed by atoms with Crippen molar-refractivity contribution in [2.24, 2.45) is 0 Å². The van der Waals surface area contributed by atoms with E-state index in [2.05, 4.69) is 40.2 Å². The molecule has 2 amide bonds. The van der Waals surface area contributed by atoms with Crippen LogP contribution < -0.4 is 10.6 Å². The fourth-order valence-corrected chi connectivity index (χ4v) is 5.59. The van der Waals surface area contributed by atoms with Crippen LogP contribution in [-0.2, 0) is 21.5 Å². The van der Waals surface area contributed by atoms with E-state index in [9.17, 15) is 13.2 Å². The molecule has 0 saturated carbocycles. The van der Waals surface area contributed by atoms with Crippen molar-refractivity contribution in [3.05, 3.63) is 18.5 Å². The maximum atomic E-state index is 12.3. The van der Waals surface area contributed by atoms with E-state index < -0.39 is 24.1 Å². The highest BCUT2D eigenvalue weighted by molar-refractivity contribution is 7.88. The number of urea groups is 1. The van der Waals surface area contributed by atoms with Gasteiger partial charge in [0.2, 0.25) is 10.0 Å². The van der Waals surface area contributed by atoms with Crippen molar-refractivity contribution >= 4 is 41.1 Å². The van der Waals surface area contributed by atoms with Crippen molar-refractivity contribution in [1.29, 1.82) is 0 Å². The molecular weight excluding hydrogens is 448 g/mol. The number of nitrogens with zero attached hydrogens (tertiary/aromatic N) is 4. The van der Waals surface area contributed by atoms with Gasteiger partial charge in [0.15, 0.2) is 11.5 Å². The van der Waals surface area contributed by atoms with E-state index in [4.69, 9.17) is 4.74 Å². The minimum atomic E-state index is -3.29. The Hall–Kier alpha value is -2.02. The Morgan fingerprint density at radius 3 is 2.81 bits per heavy atom. The molecule has 178 valence electrons. The number of sulfonamides is 1.